The molecule has 26 heavy (non-hydrogen) atoms. The lowest BCUT2D eigenvalue weighted by atomic mass is 9.92. The highest BCUT2D eigenvalue weighted by Crippen LogP contribution is 2.53. The highest BCUT2D eigenvalue weighted by molar-refractivity contribution is 9.10. The zero-order chi connectivity index (χ0) is 18.1. The summed E-state index contributed by atoms with van der Waals surface area (Å²) in [6.07, 6.45) is 2.17. The number of ether oxygens (including phenoxy) is 1. The van der Waals surface area contributed by atoms with Gasteiger partial charge >= 0.3 is 5.97 Å². The maximum absolute atomic E-state index is 10.8. The van der Waals surface area contributed by atoms with Gasteiger partial charge < -0.3 is 9.84 Å². The number of nitrogens with zero attached hydrogens (tertiary/aromatic N) is 1. The van der Waals surface area contributed by atoms with E-state index in [0.717, 1.165) is 34.3 Å². The van der Waals surface area contributed by atoms with Crippen molar-refractivity contribution in [2.45, 2.75) is 18.3 Å². The van der Waals surface area contributed by atoms with Crippen LogP contribution < -0.4 is 4.74 Å². The first kappa shape index (κ1) is 16.8. The second-order valence-electron chi connectivity index (χ2n) is 6.44. The Hall–Kier alpha value is -2.60. The fourth-order valence-electron chi connectivity index (χ4n) is 3.27. The van der Waals surface area contributed by atoms with Crippen LogP contribution in [0.5, 0.6) is 5.75 Å². The van der Waals surface area contributed by atoms with Gasteiger partial charge in [0.1, 0.15) is 5.75 Å². The van der Waals surface area contributed by atoms with E-state index >= 15 is 0 Å². The molecule has 1 aliphatic rings. The van der Waals surface area contributed by atoms with Crippen LogP contribution in [0.15, 0.2) is 59.1 Å². The number of rotatable bonds is 6. The van der Waals surface area contributed by atoms with Gasteiger partial charge in [0, 0.05) is 21.1 Å². The molecular weight excluding hydrogens is 396 g/mol. The first-order valence-electron chi connectivity index (χ1n) is 8.34. The van der Waals surface area contributed by atoms with Crippen LogP contribution in [0, 0.1) is 0 Å². The number of H-pyrrole nitrogens is 1. The lowest BCUT2D eigenvalue weighted by Crippen LogP contribution is -2.10. The van der Waals surface area contributed by atoms with Crippen molar-refractivity contribution in [3.05, 3.63) is 70.3 Å². The van der Waals surface area contributed by atoms with Crippen molar-refractivity contribution in [2.75, 3.05) is 6.61 Å². The predicted octanol–water partition coefficient (Wildman–Crippen LogP) is 4.38. The van der Waals surface area contributed by atoms with Crippen molar-refractivity contribution in [2.24, 2.45) is 0 Å². The molecule has 0 unspecified atom stereocenters. The Morgan fingerprint density at radius 1 is 1.19 bits per heavy atom. The minimum absolute atomic E-state index is 0.000603. The van der Waals surface area contributed by atoms with Crippen LogP contribution in [-0.4, -0.2) is 27.9 Å². The molecule has 1 aliphatic carbocycles. The number of carboxylic acid groups (broad SMARTS) is 1. The average molecular weight is 413 g/mol. The maximum atomic E-state index is 10.8. The molecule has 0 spiro atoms. The number of benzene rings is 2. The van der Waals surface area contributed by atoms with E-state index in [1.54, 1.807) is 6.07 Å². The number of carboxylic acids is 1. The molecule has 1 fully saturated rings. The largest absolute Gasteiger partial charge is 0.481 e. The second kappa shape index (κ2) is 6.61. The average Bonchev–Trinajstić information content (AvgIpc) is 3.31. The van der Waals surface area contributed by atoms with Crippen molar-refractivity contribution in [1.29, 1.82) is 0 Å². The van der Waals surface area contributed by atoms with Crippen LogP contribution in [0.3, 0.4) is 0 Å². The van der Waals surface area contributed by atoms with Crippen LogP contribution in [0.25, 0.3) is 11.3 Å². The number of nitrogens with one attached hydrogen (secondary N) is 1. The standard InChI is InChI=1S/C20H17BrN2O3/c21-14-6-7-17(26-12-19(24)25)15(10-14)16-11-18(23-22-16)20(8-9-20)13-4-2-1-3-5-13/h1-7,10-11H,8-9,12H2,(H,22,23)(H,24,25). The van der Waals surface area contributed by atoms with E-state index in [1.165, 1.54) is 5.56 Å². The molecule has 5 nitrogen and oxygen atoms in total. The van der Waals surface area contributed by atoms with Gasteiger partial charge in [-0.2, -0.15) is 5.10 Å². The van der Waals surface area contributed by atoms with Crippen molar-refractivity contribution in [1.82, 2.24) is 10.2 Å². The van der Waals surface area contributed by atoms with E-state index in [0.29, 0.717) is 5.75 Å². The third kappa shape index (κ3) is 3.12. The van der Waals surface area contributed by atoms with Gasteiger partial charge in [-0.15, -0.1) is 0 Å². The van der Waals surface area contributed by atoms with Crippen molar-refractivity contribution >= 4 is 21.9 Å². The van der Waals surface area contributed by atoms with Gasteiger partial charge in [-0.25, -0.2) is 4.79 Å². The molecule has 0 aliphatic heterocycles. The number of aromatic nitrogens is 2. The van der Waals surface area contributed by atoms with E-state index in [2.05, 4.69) is 50.4 Å². The predicted molar refractivity (Wildman–Crippen MR) is 101 cm³/mol. The SMILES string of the molecule is O=C(O)COc1ccc(Br)cc1-c1cc(C2(c3ccccc3)CC2)[nH]n1. The molecule has 6 heteroatoms. The fraction of sp³-hybridized carbons (Fsp3) is 0.200. The lowest BCUT2D eigenvalue weighted by Gasteiger charge is -2.13. The Balaban J connectivity index is 1.69. The van der Waals surface area contributed by atoms with Crippen molar-refractivity contribution < 1.29 is 14.6 Å². The van der Waals surface area contributed by atoms with E-state index in [9.17, 15) is 4.79 Å². The van der Waals surface area contributed by atoms with E-state index in [-0.39, 0.29) is 12.0 Å². The number of aliphatic carboxylic acids is 1. The number of hydrogen-bond acceptors (Lipinski definition) is 3. The molecule has 1 saturated carbocycles. The minimum Gasteiger partial charge on any atom is -0.481 e. The van der Waals surface area contributed by atoms with Gasteiger partial charge in [-0.1, -0.05) is 46.3 Å². The summed E-state index contributed by atoms with van der Waals surface area (Å²) >= 11 is 3.46. The van der Waals surface area contributed by atoms with Crippen molar-refractivity contribution in [3.63, 3.8) is 0 Å². The van der Waals surface area contributed by atoms with Crippen LogP contribution in [0.2, 0.25) is 0 Å². The molecule has 4 rings (SSSR count). The Kier molecular flexibility index (Phi) is 4.28. The monoisotopic (exact) mass is 412 g/mol. The van der Waals surface area contributed by atoms with Gasteiger partial charge in [0.05, 0.1) is 5.69 Å². The Bertz CT molecular complexity index is 949. The highest BCUT2D eigenvalue weighted by Gasteiger charge is 2.47. The fourth-order valence-corrected chi connectivity index (χ4v) is 3.63. The molecule has 1 aromatic heterocycles. The summed E-state index contributed by atoms with van der Waals surface area (Å²) in [4.78, 5) is 10.8. The van der Waals surface area contributed by atoms with Gasteiger partial charge in [-0.05, 0) is 42.7 Å². The summed E-state index contributed by atoms with van der Waals surface area (Å²) in [7, 11) is 0. The molecule has 0 saturated heterocycles. The van der Waals surface area contributed by atoms with E-state index < -0.39 is 5.97 Å². The van der Waals surface area contributed by atoms with Gasteiger partial charge in [0.25, 0.3) is 0 Å². The first-order chi connectivity index (χ1) is 12.6. The topological polar surface area (TPSA) is 75.2 Å². The van der Waals surface area contributed by atoms with Crippen LogP contribution in [0.1, 0.15) is 24.1 Å². The Morgan fingerprint density at radius 3 is 2.65 bits per heavy atom. The minimum atomic E-state index is -1.01. The van der Waals surface area contributed by atoms with Crippen molar-refractivity contribution in [3.8, 4) is 17.0 Å². The summed E-state index contributed by atoms with van der Waals surface area (Å²) in [6, 6.07) is 17.9. The second-order valence-corrected chi connectivity index (χ2v) is 7.35. The molecule has 1 heterocycles. The quantitative estimate of drug-likeness (QED) is 0.629. The molecule has 0 bridgehead atoms. The summed E-state index contributed by atoms with van der Waals surface area (Å²) in [6.45, 7) is -0.389. The highest BCUT2D eigenvalue weighted by atomic mass is 79.9. The van der Waals surface area contributed by atoms with Crippen LogP contribution in [0.4, 0.5) is 0 Å². The number of halogens is 1. The molecule has 132 valence electrons. The van der Waals surface area contributed by atoms with Crippen LogP contribution >= 0.6 is 15.9 Å². The third-order valence-electron chi connectivity index (χ3n) is 4.74. The van der Waals surface area contributed by atoms with E-state index in [4.69, 9.17) is 9.84 Å². The molecule has 0 amide bonds. The summed E-state index contributed by atoms with van der Waals surface area (Å²) in [5.41, 5.74) is 3.85. The normalized spacial score (nSPS) is 14.8. The third-order valence-corrected chi connectivity index (χ3v) is 5.23. The Morgan fingerprint density at radius 2 is 1.96 bits per heavy atom. The maximum Gasteiger partial charge on any atom is 0.341 e. The number of hydrogen-bond donors (Lipinski definition) is 2. The van der Waals surface area contributed by atoms with Crippen LogP contribution in [-0.2, 0) is 10.2 Å². The van der Waals surface area contributed by atoms with Gasteiger partial charge in [-0.3, -0.25) is 5.10 Å². The zero-order valence-corrected chi connectivity index (χ0v) is 15.5. The van der Waals surface area contributed by atoms with Gasteiger partial charge in [0.2, 0.25) is 0 Å². The summed E-state index contributed by atoms with van der Waals surface area (Å²) in [5, 5.41) is 16.5. The molecule has 3 aromatic rings. The molecule has 0 atom stereocenters. The molecule has 2 aromatic carbocycles. The summed E-state index contributed by atoms with van der Waals surface area (Å²) < 4.78 is 6.31. The number of carbonyl (C=O) groups is 1. The lowest BCUT2D eigenvalue weighted by molar-refractivity contribution is -0.139. The smallest absolute Gasteiger partial charge is 0.341 e. The van der Waals surface area contributed by atoms with E-state index in [1.807, 2.05) is 24.3 Å². The molecule has 0 radical (unpaired) electrons. The summed E-state index contributed by atoms with van der Waals surface area (Å²) in [5.74, 6) is -0.513. The van der Waals surface area contributed by atoms with Gasteiger partial charge in [0.15, 0.2) is 6.61 Å². The number of aromatic amines is 1. The molecular formula is C20H17BrN2O3. The molecule has 2 N–H and O–H groups in total. The first-order valence-corrected chi connectivity index (χ1v) is 9.14. The Labute approximate surface area is 159 Å². The zero-order valence-electron chi connectivity index (χ0n) is 13.9.